The Balaban J connectivity index is 2.44. The van der Waals surface area contributed by atoms with Gasteiger partial charge in [0, 0.05) is 12.7 Å². The van der Waals surface area contributed by atoms with Crippen LogP contribution < -0.4 is 5.73 Å². The van der Waals surface area contributed by atoms with Gasteiger partial charge in [0.05, 0.1) is 5.39 Å². The normalized spacial score (nSPS) is 10.9. The molecule has 0 aliphatic rings. The van der Waals surface area contributed by atoms with Crippen LogP contribution >= 0.6 is 0 Å². The molecule has 0 aliphatic heterocycles. The van der Waals surface area contributed by atoms with Crippen LogP contribution in [0.2, 0.25) is 0 Å². The summed E-state index contributed by atoms with van der Waals surface area (Å²) in [5.74, 6) is 0.573. The standard InChI is InChI=1S/C10H14N4/c1-2-3-7-14-10-8(9(11)13-14)5-4-6-12-10/h4-6H,2-3,7H2,1H3,(H2,11,13). The Morgan fingerprint density at radius 1 is 1.50 bits per heavy atom. The maximum Gasteiger partial charge on any atom is 0.159 e. The molecule has 0 bridgehead atoms. The van der Waals surface area contributed by atoms with Gasteiger partial charge < -0.3 is 5.73 Å². The molecule has 74 valence electrons. The van der Waals surface area contributed by atoms with Crippen LogP contribution in [-0.2, 0) is 6.54 Å². The van der Waals surface area contributed by atoms with Gasteiger partial charge in [0.2, 0.25) is 0 Å². The van der Waals surface area contributed by atoms with Gasteiger partial charge in [-0.3, -0.25) is 0 Å². The third-order valence-corrected chi connectivity index (χ3v) is 2.26. The Kier molecular flexibility index (Phi) is 2.35. The minimum Gasteiger partial charge on any atom is -0.382 e. The van der Waals surface area contributed by atoms with Crippen molar-refractivity contribution in [2.24, 2.45) is 0 Å². The minimum atomic E-state index is 0.573. The molecule has 0 saturated carbocycles. The highest BCUT2D eigenvalue weighted by Crippen LogP contribution is 2.17. The molecule has 0 atom stereocenters. The van der Waals surface area contributed by atoms with Crippen molar-refractivity contribution in [2.75, 3.05) is 5.73 Å². The topological polar surface area (TPSA) is 56.7 Å². The van der Waals surface area contributed by atoms with Crippen LogP contribution in [-0.4, -0.2) is 14.8 Å². The summed E-state index contributed by atoms with van der Waals surface area (Å²) >= 11 is 0. The van der Waals surface area contributed by atoms with E-state index in [1.165, 1.54) is 0 Å². The second-order valence-electron chi connectivity index (χ2n) is 3.34. The summed E-state index contributed by atoms with van der Waals surface area (Å²) in [6.45, 7) is 3.05. The van der Waals surface area contributed by atoms with Crippen molar-refractivity contribution in [3.8, 4) is 0 Å². The molecule has 0 radical (unpaired) electrons. The van der Waals surface area contributed by atoms with E-state index >= 15 is 0 Å². The molecule has 2 heterocycles. The van der Waals surface area contributed by atoms with Gasteiger partial charge in [-0.05, 0) is 18.6 Å². The number of hydrogen-bond donors (Lipinski definition) is 1. The van der Waals surface area contributed by atoms with E-state index < -0.39 is 0 Å². The van der Waals surface area contributed by atoms with Gasteiger partial charge >= 0.3 is 0 Å². The van der Waals surface area contributed by atoms with E-state index in [2.05, 4.69) is 17.0 Å². The highest BCUT2D eigenvalue weighted by atomic mass is 15.3. The number of unbranched alkanes of at least 4 members (excludes halogenated alkanes) is 1. The third kappa shape index (κ3) is 1.43. The lowest BCUT2D eigenvalue weighted by atomic mass is 10.3. The molecule has 2 aromatic heterocycles. The number of hydrogen-bond acceptors (Lipinski definition) is 3. The number of anilines is 1. The van der Waals surface area contributed by atoms with Gasteiger partial charge in [-0.15, -0.1) is 0 Å². The zero-order chi connectivity index (χ0) is 9.97. The lowest BCUT2D eigenvalue weighted by molar-refractivity contribution is 0.586. The molecule has 0 amide bonds. The Labute approximate surface area is 82.7 Å². The van der Waals surface area contributed by atoms with E-state index in [4.69, 9.17) is 5.73 Å². The number of aryl methyl sites for hydroxylation is 1. The fraction of sp³-hybridized carbons (Fsp3) is 0.400. The summed E-state index contributed by atoms with van der Waals surface area (Å²) in [5.41, 5.74) is 6.66. The van der Waals surface area contributed by atoms with Crippen LogP contribution in [0.1, 0.15) is 19.8 Å². The number of pyridine rings is 1. The van der Waals surface area contributed by atoms with Gasteiger partial charge in [0.1, 0.15) is 0 Å². The molecule has 2 N–H and O–H groups in total. The Bertz CT molecular complexity index is 433. The number of nitrogens with two attached hydrogens (primary N) is 1. The Hall–Kier alpha value is -1.58. The second-order valence-corrected chi connectivity index (χ2v) is 3.34. The SMILES string of the molecule is CCCCn1nc(N)c2cccnc21. The zero-order valence-corrected chi connectivity index (χ0v) is 8.27. The molecular weight excluding hydrogens is 176 g/mol. The average molecular weight is 190 g/mol. The highest BCUT2D eigenvalue weighted by molar-refractivity contribution is 5.85. The maximum absolute atomic E-state index is 5.78. The first kappa shape index (κ1) is 8.99. The molecule has 14 heavy (non-hydrogen) atoms. The second kappa shape index (κ2) is 3.65. The van der Waals surface area contributed by atoms with Crippen LogP contribution in [0.4, 0.5) is 5.82 Å². The average Bonchev–Trinajstić information content (AvgIpc) is 2.54. The largest absolute Gasteiger partial charge is 0.382 e. The number of rotatable bonds is 3. The first-order valence-corrected chi connectivity index (χ1v) is 4.90. The first-order valence-electron chi connectivity index (χ1n) is 4.90. The monoisotopic (exact) mass is 190 g/mol. The molecule has 0 aromatic carbocycles. The van der Waals surface area contributed by atoms with Crippen LogP contribution in [0, 0.1) is 0 Å². The van der Waals surface area contributed by atoms with Crippen molar-refractivity contribution in [1.29, 1.82) is 0 Å². The number of nitrogen functional groups attached to an aromatic ring is 1. The van der Waals surface area contributed by atoms with E-state index in [0.717, 1.165) is 30.4 Å². The Morgan fingerprint density at radius 3 is 3.14 bits per heavy atom. The minimum absolute atomic E-state index is 0.573. The molecule has 4 heteroatoms. The van der Waals surface area contributed by atoms with Gasteiger partial charge in [-0.2, -0.15) is 5.10 Å². The van der Waals surface area contributed by atoms with Crippen LogP contribution in [0.25, 0.3) is 11.0 Å². The van der Waals surface area contributed by atoms with Crippen molar-refractivity contribution >= 4 is 16.9 Å². The van der Waals surface area contributed by atoms with E-state index in [-0.39, 0.29) is 0 Å². The van der Waals surface area contributed by atoms with Crippen molar-refractivity contribution in [2.45, 2.75) is 26.3 Å². The molecule has 4 nitrogen and oxygen atoms in total. The third-order valence-electron chi connectivity index (χ3n) is 2.26. The lowest BCUT2D eigenvalue weighted by Crippen LogP contribution is -2.01. The summed E-state index contributed by atoms with van der Waals surface area (Å²) in [5, 5.41) is 5.21. The summed E-state index contributed by atoms with van der Waals surface area (Å²) in [6.07, 6.45) is 4.02. The van der Waals surface area contributed by atoms with Crippen molar-refractivity contribution in [1.82, 2.24) is 14.8 Å². The van der Waals surface area contributed by atoms with E-state index in [0.29, 0.717) is 5.82 Å². The summed E-state index contributed by atoms with van der Waals surface area (Å²) < 4.78 is 1.88. The van der Waals surface area contributed by atoms with E-state index in [1.54, 1.807) is 6.20 Å². The summed E-state index contributed by atoms with van der Waals surface area (Å²) in [4.78, 5) is 4.28. The first-order chi connectivity index (χ1) is 6.83. The predicted molar refractivity (Wildman–Crippen MR) is 56.8 cm³/mol. The molecular formula is C10H14N4. The molecule has 0 aliphatic carbocycles. The summed E-state index contributed by atoms with van der Waals surface area (Å²) in [7, 11) is 0. The molecule has 0 spiro atoms. The van der Waals surface area contributed by atoms with Gasteiger partial charge in [-0.25, -0.2) is 9.67 Å². The maximum atomic E-state index is 5.78. The molecule has 0 fully saturated rings. The predicted octanol–water partition coefficient (Wildman–Crippen LogP) is 1.81. The van der Waals surface area contributed by atoms with Crippen molar-refractivity contribution in [3.05, 3.63) is 18.3 Å². The number of aromatic nitrogens is 3. The molecule has 2 rings (SSSR count). The van der Waals surface area contributed by atoms with Crippen molar-refractivity contribution < 1.29 is 0 Å². The van der Waals surface area contributed by atoms with Crippen LogP contribution in [0.5, 0.6) is 0 Å². The Morgan fingerprint density at radius 2 is 2.36 bits per heavy atom. The summed E-state index contributed by atoms with van der Waals surface area (Å²) in [6, 6.07) is 3.83. The molecule has 2 aromatic rings. The van der Waals surface area contributed by atoms with E-state index in [1.807, 2.05) is 16.8 Å². The van der Waals surface area contributed by atoms with Gasteiger partial charge in [0.25, 0.3) is 0 Å². The number of nitrogens with zero attached hydrogens (tertiary/aromatic N) is 3. The fourth-order valence-electron chi connectivity index (χ4n) is 1.50. The highest BCUT2D eigenvalue weighted by Gasteiger charge is 2.06. The van der Waals surface area contributed by atoms with E-state index in [9.17, 15) is 0 Å². The molecule has 0 unspecified atom stereocenters. The quantitative estimate of drug-likeness (QED) is 0.803. The smallest absolute Gasteiger partial charge is 0.159 e. The fourth-order valence-corrected chi connectivity index (χ4v) is 1.50. The van der Waals surface area contributed by atoms with Crippen LogP contribution in [0.3, 0.4) is 0 Å². The van der Waals surface area contributed by atoms with Gasteiger partial charge in [-0.1, -0.05) is 13.3 Å². The lowest BCUT2D eigenvalue weighted by Gasteiger charge is -1.99. The van der Waals surface area contributed by atoms with Crippen molar-refractivity contribution in [3.63, 3.8) is 0 Å². The van der Waals surface area contributed by atoms with Crippen LogP contribution in [0.15, 0.2) is 18.3 Å². The molecule has 0 saturated heterocycles. The van der Waals surface area contributed by atoms with Gasteiger partial charge in [0.15, 0.2) is 11.5 Å². The number of fused-ring (bicyclic) bond motifs is 1. The zero-order valence-electron chi connectivity index (χ0n) is 8.27.